The molecule has 1 aliphatic heterocycles. The molecule has 2 aromatic heterocycles. The van der Waals surface area contributed by atoms with Crippen LogP contribution in [0, 0.1) is 0 Å². The normalized spacial score (nSPS) is 14.4. The van der Waals surface area contributed by atoms with Crippen LogP contribution in [0.2, 0.25) is 0 Å². The number of rotatable bonds is 3. The van der Waals surface area contributed by atoms with Gasteiger partial charge in [-0.25, -0.2) is 4.68 Å². The van der Waals surface area contributed by atoms with Gasteiger partial charge in [-0.2, -0.15) is 0 Å². The molecular formula is C18H17N5. The summed E-state index contributed by atoms with van der Waals surface area (Å²) in [6.07, 6.45) is 5.75. The number of aromatic nitrogens is 4. The van der Waals surface area contributed by atoms with Crippen LogP contribution < -0.4 is 0 Å². The molecule has 0 saturated carbocycles. The van der Waals surface area contributed by atoms with E-state index in [0.717, 1.165) is 27.9 Å². The van der Waals surface area contributed by atoms with Crippen LogP contribution >= 0.6 is 0 Å². The number of nitrogens with zero attached hydrogens (tertiary/aromatic N) is 5. The summed E-state index contributed by atoms with van der Waals surface area (Å²) in [7, 11) is 0. The molecule has 0 bridgehead atoms. The highest BCUT2D eigenvalue weighted by Gasteiger charge is 2.14. The Morgan fingerprint density at radius 1 is 1.13 bits per heavy atom. The van der Waals surface area contributed by atoms with Gasteiger partial charge in [0.1, 0.15) is 5.52 Å². The predicted molar refractivity (Wildman–Crippen MR) is 91.5 cm³/mol. The highest BCUT2D eigenvalue weighted by atomic mass is 15.4. The summed E-state index contributed by atoms with van der Waals surface area (Å²) in [4.78, 5) is 8.78. The van der Waals surface area contributed by atoms with Gasteiger partial charge in [-0.3, -0.25) is 9.98 Å². The van der Waals surface area contributed by atoms with Crippen LogP contribution in [0.15, 0.2) is 53.8 Å². The van der Waals surface area contributed by atoms with E-state index >= 15 is 0 Å². The monoisotopic (exact) mass is 303 g/mol. The molecule has 0 unspecified atom stereocenters. The zero-order chi connectivity index (χ0) is 15.8. The fraction of sp³-hybridized carbons (Fsp3) is 0.222. The first-order chi connectivity index (χ1) is 11.2. The molecule has 0 aliphatic carbocycles. The van der Waals surface area contributed by atoms with Gasteiger partial charge in [0.2, 0.25) is 0 Å². The van der Waals surface area contributed by atoms with Crippen molar-refractivity contribution in [3.8, 4) is 0 Å². The Kier molecular flexibility index (Phi) is 3.26. The standard InChI is InChI=1S/C18H17N5/c1-12(2)23-18-6-5-13(8-17(18)21-22-23)15-9-16(20-11-15)14-4-3-7-19-10-14/h3-10,12H,11H2,1-2H3. The quantitative estimate of drug-likeness (QED) is 0.746. The third-order valence-corrected chi connectivity index (χ3v) is 4.02. The molecular weight excluding hydrogens is 286 g/mol. The molecule has 0 fully saturated rings. The average Bonchev–Trinajstić information content (AvgIpc) is 3.22. The van der Waals surface area contributed by atoms with Crippen LogP contribution in [0.1, 0.15) is 31.0 Å². The summed E-state index contributed by atoms with van der Waals surface area (Å²) in [5.74, 6) is 0. The second-order valence-corrected chi connectivity index (χ2v) is 5.94. The maximum atomic E-state index is 4.62. The SMILES string of the molecule is CC(C)n1nnc2cc(C3=CC(c4cccnc4)=NC3)ccc21. The van der Waals surface area contributed by atoms with Gasteiger partial charge in [-0.15, -0.1) is 5.10 Å². The predicted octanol–water partition coefficient (Wildman–Crippen LogP) is 3.29. The van der Waals surface area contributed by atoms with Crippen molar-refractivity contribution in [3.63, 3.8) is 0 Å². The fourth-order valence-electron chi connectivity index (χ4n) is 2.81. The van der Waals surface area contributed by atoms with Crippen LogP contribution in [0.5, 0.6) is 0 Å². The Morgan fingerprint density at radius 2 is 2.04 bits per heavy atom. The number of hydrogen-bond donors (Lipinski definition) is 0. The summed E-state index contributed by atoms with van der Waals surface area (Å²) in [5.41, 5.74) is 6.37. The molecule has 0 amide bonds. The van der Waals surface area contributed by atoms with E-state index in [1.165, 1.54) is 5.57 Å². The first-order valence-corrected chi connectivity index (χ1v) is 7.73. The summed E-state index contributed by atoms with van der Waals surface area (Å²) in [6, 6.07) is 10.6. The van der Waals surface area contributed by atoms with Crippen LogP contribution in [0.3, 0.4) is 0 Å². The third-order valence-electron chi connectivity index (χ3n) is 4.02. The van der Waals surface area contributed by atoms with E-state index in [9.17, 15) is 0 Å². The molecule has 0 atom stereocenters. The lowest BCUT2D eigenvalue weighted by atomic mass is 10.0. The van der Waals surface area contributed by atoms with Crippen molar-refractivity contribution in [2.75, 3.05) is 6.54 Å². The molecule has 5 nitrogen and oxygen atoms in total. The van der Waals surface area contributed by atoms with Gasteiger partial charge in [0, 0.05) is 24.0 Å². The Morgan fingerprint density at radius 3 is 2.83 bits per heavy atom. The smallest absolute Gasteiger partial charge is 0.113 e. The van der Waals surface area contributed by atoms with Crippen LogP contribution in [-0.2, 0) is 0 Å². The molecule has 1 aliphatic rings. The first kappa shape index (κ1) is 13.8. The lowest BCUT2D eigenvalue weighted by Crippen LogP contribution is -2.02. The Bertz CT molecular complexity index is 919. The maximum Gasteiger partial charge on any atom is 0.113 e. The zero-order valence-corrected chi connectivity index (χ0v) is 13.1. The van der Waals surface area contributed by atoms with Crippen molar-refractivity contribution in [3.05, 3.63) is 59.9 Å². The molecule has 5 heteroatoms. The van der Waals surface area contributed by atoms with Crippen molar-refractivity contribution in [1.29, 1.82) is 0 Å². The molecule has 0 radical (unpaired) electrons. The van der Waals surface area contributed by atoms with Crippen molar-refractivity contribution in [2.24, 2.45) is 4.99 Å². The molecule has 3 heterocycles. The van der Waals surface area contributed by atoms with Gasteiger partial charge in [-0.05, 0) is 55.3 Å². The van der Waals surface area contributed by atoms with Gasteiger partial charge in [0.25, 0.3) is 0 Å². The van der Waals surface area contributed by atoms with Crippen molar-refractivity contribution in [1.82, 2.24) is 20.0 Å². The summed E-state index contributed by atoms with van der Waals surface area (Å²) < 4.78 is 1.94. The highest BCUT2D eigenvalue weighted by molar-refractivity contribution is 6.14. The maximum absolute atomic E-state index is 4.62. The number of aliphatic imine (C=N–C) groups is 1. The second kappa shape index (κ2) is 5.43. The second-order valence-electron chi connectivity index (χ2n) is 5.94. The highest BCUT2D eigenvalue weighted by Crippen LogP contribution is 2.25. The molecule has 4 rings (SSSR count). The van der Waals surface area contributed by atoms with Crippen LogP contribution in [0.25, 0.3) is 16.6 Å². The summed E-state index contributed by atoms with van der Waals surface area (Å²) in [5, 5.41) is 8.52. The topological polar surface area (TPSA) is 56.0 Å². The Hall–Kier alpha value is -2.82. The number of benzene rings is 1. The van der Waals surface area contributed by atoms with E-state index in [4.69, 9.17) is 0 Å². The number of fused-ring (bicyclic) bond motifs is 1. The molecule has 114 valence electrons. The third kappa shape index (κ3) is 2.44. The van der Waals surface area contributed by atoms with Gasteiger partial charge in [0.05, 0.1) is 17.8 Å². The molecule has 0 spiro atoms. The molecule has 0 saturated heterocycles. The number of hydrogen-bond acceptors (Lipinski definition) is 4. The van der Waals surface area contributed by atoms with Crippen LogP contribution in [-0.4, -0.2) is 32.2 Å². The van der Waals surface area contributed by atoms with E-state index < -0.39 is 0 Å². The lowest BCUT2D eigenvalue weighted by Gasteiger charge is -2.06. The lowest BCUT2D eigenvalue weighted by molar-refractivity contribution is 0.530. The van der Waals surface area contributed by atoms with E-state index in [-0.39, 0.29) is 0 Å². The summed E-state index contributed by atoms with van der Waals surface area (Å²) >= 11 is 0. The number of pyridine rings is 1. The number of allylic oxidation sites excluding steroid dienone is 1. The van der Waals surface area contributed by atoms with E-state index in [0.29, 0.717) is 12.6 Å². The van der Waals surface area contributed by atoms with Crippen molar-refractivity contribution >= 4 is 22.3 Å². The van der Waals surface area contributed by atoms with Crippen molar-refractivity contribution < 1.29 is 0 Å². The fourth-order valence-corrected chi connectivity index (χ4v) is 2.81. The van der Waals surface area contributed by atoms with Crippen molar-refractivity contribution in [2.45, 2.75) is 19.9 Å². The first-order valence-electron chi connectivity index (χ1n) is 7.73. The molecule has 23 heavy (non-hydrogen) atoms. The van der Waals surface area contributed by atoms with Gasteiger partial charge in [0.15, 0.2) is 0 Å². The van der Waals surface area contributed by atoms with E-state index in [1.807, 2.05) is 23.0 Å². The molecule has 1 aromatic carbocycles. The van der Waals surface area contributed by atoms with Gasteiger partial charge in [-0.1, -0.05) is 11.3 Å². The Labute approximate surface area is 134 Å². The average molecular weight is 303 g/mol. The minimum atomic E-state index is 0.303. The molecule has 0 N–H and O–H groups in total. The largest absolute Gasteiger partial charge is 0.280 e. The van der Waals surface area contributed by atoms with Gasteiger partial charge >= 0.3 is 0 Å². The van der Waals surface area contributed by atoms with Gasteiger partial charge < -0.3 is 0 Å². The van der Waals surface area contributed by atoms with E-state index in [1.54, 1.807) is 6.20 Å². The minimum absolute atomic E-state index is 0.303. The Balaban J connectivity index is 1.68. The van der Waals surface area contributed by atoms with Crippen LogP contribution in [0.4, 0.5) is 0 Å². The minimum Gasteiger partial charge on any atom is -0.280 e. The summed E-state index contributed by atoms with van der Waals surface area (Å²) in [6.45, 7) is 4.90. The van der Waals surface area contributed by atoms with E-state index in [2.05, 4.69) is 58.4 Å². The zero-order valence-electron chi connectivity index (χ0n) is 13.1. The molecule has 3 aromatic rings.